The second-order valence-electron chi connectivity index (χ2n) is 10.2. The van der Waals surface area contributed by atoms with E-state index in [0.717, 1.165) is 25.7 Å². The molecule has 134 valence electrons. The molecular formula is C20H24O5. The Morgan fingerprint density at radius 3 is 2.16 bits per heavy atom. The number of aliphatic carboxylic acids is 1. The topological polar surface area (TPSA) is 94.8 Å². The van der Waals surface area contributed by atoms with E-state index in [9.17, 15) is 24.9 Å². The minimum atomic E-state index is -1.25. The van der Waals surface area contributed by atoms with Crippen molar-refractivity contribution in [2.75, 3.05) is 0 Å². The predicted octanol–water partition coefficient (Wildman–Crippen LogP) is 0.782. The Labute approximate surface area is 145 Å². The quantitative estimate of drug-likeness (QED) is 0.611. The molecule has 5 nitrogen and oxygen atoms in total. The second-order valence-corrected chi connectivity index (χ2v) is 10.2. The van der Waals surface area contributed by atoms with Crippen molar-refractivity contribution in [1.82, 2.24) is 0 Å². The van der Waals surface area contributed by atoms with Gasteiger partial charge in [-0.1, -0.05) is 0 Å². The molecule has 25 heavy (non-hydrogen) atoms. The van der Waals surface area contributed by atoms with Gasteiger partial charge in [-0.2, -0.15) is 0 Å². The number of hydrogen-bond acceptors (Lipinski definition) is 4. The number of hydrogen-bond donors (Lipinski definition) is 3. The summed E-state index contributed by atoms with van der Waals surface area (Å²) in [6, 6.07) is 0. The van der Waals surface area contributed by atoms with Gasteiger partial charge in [-0.15, -0.1) is 0 Å². The molecule has 0 heterocycles. The standard InChI is InChI=1S/C20H24O5/c21-7-4-2-6-9(7)12-14-13-11-5-1-3-8(22)10(5)17(13)20(16(6)14,19(24)25)18(23)15(11)12/h5-17,21-22H,1-4H2,(H,24,25)/t5-,6+,7+,8-,9-,10+,11-,12+,13+,14-,15-,16+,17-,20-/m1/s1. The van der Waals surface area contributed by atoms with Crippen LogP contribution < -0.4 is 0 Å². The maximum atomic E-state index is 13.6. The highest BCUT2D eigenvalue weighted by molar-refractivity contribution is 6.08. The van der Waals surface area contributed by atoms with Crippen molar-refractivity contribution >= 4 is 11.8 Å². The molecule has 0 amide bonds. The highest BCUT2D eigenvalue weighted by atomic mass is 16.4. The van der Waals surface area contributed by atoms with Crippen LogP contribution >= 0.6 is 0 Å². The SMILES string of the molecule is O=C(O)[C@@]12C(=O)[C@H]3[C@@H]4[C@H]([C@@H]5[C@H]3[C@@H]3CC[C@@H](O)[C@H]3[C@H]51)[C@@H]2[C@H]1CC[C@H](O)[C@@H]14. The van der Waals surface area contributed by atoms with Gasteiger partial charge in [0.25, 0.3) is 0 Å². The number of aliphatic hydroxyl groups is 2. The van der Waals surface area contributed by atoms with E-state index in [1.165, 1.54) is 0 Å². The van der Waals surface area contributed by atoms with Crippen LogP contribution in [-0.4, -0.2) is 39.3 Å². The Hall–Kier alpha value is -0.940. The maximum absolute atomic E-state index is 13.6. The molecule has 8 fully saturated rings. The van der Waals surface area contributed by atoms with Crippen molar-refractivity contribution in [3.63, 3.8) is 0 Å². The van der Waals surface area contributed by atoms with Crippen LogP contribution in [0.25, 0.3) is 0 Å². The van der Waals surface area contributed by atoms with Crippen molar-refractivity contribution < 1.29 is 24.9 Å². The predicted molar refractivity (Wildman–Crippen MR) is 83.9 cm³/mol. The number of fused-ring (bicyclic) bond motifs is 2. The van der Waals surface area contributed by atoms with Crippen molar-refractivity contribution in [3.8, 4) is 0 Å². The summed E-state index contributed by atoms with van der Waals surface area (Å²) in [6.07, 6.45) is 2.58. The number of Topliss-reactive ketones (excluding diaryl/α,β-unsaturated/α-hetero) is 1. The lowest BCUT2D eigenvalue weighted by atomic mass is 9.56. The highest BCUT2D eigenvalue weighted by Crippen LogP contribution is 2.86. The molecule has 0 spiro atoms. The number of ketones is 1. The third-order valence-corrected chi connectivity index (χ3v) is 10.4. The molecule has 0 radical (unpaired) electrons. The first-order valence-electron chi connectivity index (χ1n) is 10.1. The Balaban J connectivity index is 1.51. The van der Waals surface area contributed by atoms with Crippen molar-refractivity contribution in [3.05, 3.63) is 0 Å². The number of carboxylic acid groups (broad SMARTS) is 1. The zero-order valence-corrected chi connectivity index (χ0v) is 14.0. The Morgan fingerprint density at radius 1 is 0.800 bits per heavy atom. The number of carboxylic acids is 1. The first-order valence-corrected chi connectivity index (χ1v) is 10.1. The summed E-state index contributed by atoms with van der Waals surface area (Å²) in [4.78, 5) is 26.3. The molecule has 0 aliphatic heterocycles. The number of carbonyl (C=O) groups excluding carboxylic acids is 1. The lowest BCUT2D eigenvalue weighted by Gasteiger charge is -2.43. The monoisotopic (exact) mass is 344 g/mol. The molecule has 0 aromatic rings. The molecule has 0 saturated heterocycles. The van der Waals surface area contributed by atoms with Crippen molar-refractivity contribution in [2.24, 2.45) is 70.5 Å². The van der Waals surface area contributed by atoms with Crippen LogP contribution in [0.1, 0.15) is 25.7 Å². The third kappa shape index (κ3) is 1.09. The van der Waals surface area contributed by atoms with E-state index in [2.05, 4.69) is 0 Å². The number of rotatable bonds is 1. The van der Waals surface area contributed by atoms with Gasteiger partial charge < -0.3 is 15.3 Å². The lowest BCUT2D eigenvalue weighted by molar-refractivity contribution is -0.170. The second kappa shape index (κ2) is 3.84. The summed E-state index contributed by atoms with van der Waals surface area (Å²) in [5, 5.41) is 31.7. The molecule has 8 saturated carbocycles. The van der Waals surface area contributed by atoms with Crippen molar-refractivity contribution in [1.29, 1.82) is 0 Å². The summed E-state index contributed by atoms with van der Waals surface area (Å²) in [7, 11) is 0. The first kappa shape index (κ1) is 14.2. The van der Waals surface area contributed by atoms with Crippen LogP contribution in [0, 0.1) is 70.5 Å². The van der Waals surface area contributed by atoms with Crippen LogP contribution in [-0.2, 0) is 9.59 Å². The van der Waals surface area contributed by atoms with E-state index in [0.29, 0.717) is 23.7 Å². The van der Waals surface area contributed by atoms with Crippen LogP contribution in [0.2, 0.25) is 0 Å². The summed E-state index contributed by atoms with van der Waals surface area (Å²) in [5.74, 6) is 0.596. The van der Waals surface area contributed by atoms with Gasteiger partial charge in [-0.05, 0) is 84.9 Å². The Kier molecular flexibility index (Phi) is 2.17. The van der Waals surface area contributed by atoms with Gasteiger partial charge in [0.1, 0.15) is 5.41 Å². The van der Waals surface area contributed by atoms with Crippen LogP contribution in [0.15, 0.2) is 0 Å². The van der Waals surface area contributed by atoms with Gasteiger partial charge in [-0.25, -0.2) is 0 Å². The minimum Gasteiger partial charge on any atom is -0.480 e. The molecular weight excluding hydrogens is 320 g/mol. The first-order chi connectivity index (χ1) is 12.0. The molecule has 8 aliphatic rings. The Morgan fingerprint density at radius 2 is 1.44 bits per heavy atom. The largest absolute Gasteiger partial charge is 0.480 e. The third-order valence-electron chi connectivity index (χ3n) is 10.4. The molecule has 8 rings (SSSR count). The zero-order chi connectivity index (χ0) is 17.0. The summed E-state index contributed by atoms with van der Waals surface area (Å²) in [6.45, 7) is 0. The number of carbonyl (C=O) groups is 2. The smallest absolute Gasteiger partial charge is 0.317 e. The van der Waals surface area contributed by atoms with Crippen LogP contribution in [0.5, 0.6) is 0 Å². The van der Waals surface area contributed by atoms with E-state index in [-0.39, 0.29) is 53.3 Å². The average Bonchev–Trinajstić information content (AvgIpc) is 3.29. The minimum absolute atomic E-state index is 0.00167. The van der Waals surface area contributed by atoms with E-state index < -0.39 is 17.5 Å². The molecule has 0 aromatic carbocycles. The molecule has 8 bridgehead atoms. The average molecular weight is 344 g/mol. The van der Waals surface area contributed by atoms with Crippen molar-refractivity contribution in [2.45, 2.75) is 37.9 Å². The van der Waals surface area contributed by atoms with E-state index in [4.69, 9.17) is 0 Å². The summed E-state index contributed by atoms with van der Waals surface area (Å²) in [5.41, 5.74) is -1.25. The fourth-order valence-corrected chi connectivity index (χ4v) is 10.6. The van der Waals surface area contributed by atoms with Gasteiger partial charge in [0.2, 0.25) is 0 Å². The number of aliphatic hydroxyl groups excluding tert-OH is 2. The summed E-state index contributed by atoms with van der Waals surface area (Å²) >= 11 is 0. The van der Waals surface area contributed by atoms with Gasteiger partial charge in [0, 0.05) is 5.92 Å². The zero-order valence-electron chi connectivity index (χ0n) is 14.0. The van der Waals surface area contributed by atoms with Gasteiger partial charge >= 0.3 is 5.97 Å². The van der Waals surface area contributed by atoms with Gasteiger partial charge in [0.05, 0.1) is 12.2 Å². The molecule has 0 aromatic heterocycles. The fraction of sp³-hybridized carbons (Fsp3) is 0.900. The molecule has 3 N–H and O–H groups in total. The molecule has 8 aliphatic carbocycles. The maximum Gasteiger partial charge on any atom is 0.317 e. The summed E-state index contributed by atoms with van der Waals surface area (Å²) < 4.78 is 0. The van der Waals surface area contributed by atoms with E-state index in [1.807, 2.05) is 0 Å². The van der Waals surface area contributed by atoms with Crippen LogP contribution in [0.3, 0.4) is 0 Å². The highest BCUT2D eigenvalue weighted by Gasteiger charge is 2.90. The van der Waals surface area contributed by atoms with Gasteiger partial charge in [0.15, 0.2) is 5.78 Å². The fourth-order valence-electron chi connectivity index (χ4n) is 10.6. The lowest BCUT2D eigenvalue weighted by Crippen LogP contribution is -2.56. The van der Waals surface area contributed by atoms with E-state index >= 15 is 0 Å². The van der Waals surface area contributed by atoms with Crippen LogP contribution in [0.4, 0.5) is 0 Å². The normalized spacial score (nSPS) is 70.3. The molecule has 14 atom stereocenters. The molecule has 5 heteroatoms. The Bertz CT molecular complexity index is 734. The molecule has 0 unspecified atom stereocenters. The van der Waals surface area contributed by atoms with E-state index in [1.54, 1.807) is 0 Å². The van der Waals surface area contributed by atoms with Gasteiger partial charge in [-0.3, -0.25) is 9.59 Å².